The summed E-state index contributed by atoms with van der Waals surface area (Å²) in [5.41, 5.74) is 4.97. The van der Waals surface area contributed by atoms with Gasteiger partial charge in [-0.3, -0.25) is 0 Å². The lowest BCUT2D eigenvalue weighted by Crippen LogP contribution is -2.38. The fourth-order valence-corrected chi connectivity index (χ4v) is 3.29. The van der Waals surface area contributed by atoms with Gasteiger partial charge in [-0.05, 0) is 48.8 Å². The Balaban J connectivity index is 2.63. The number of rotatable bonds is 5. The van der Waals surface area contributed by atoms with Gasteiger partial charge in [-0.1, -0.05) is 0 Å². The van der Waals surface area contributed by atoms with Crippen molar-refractivity contribution >= 4 is 37.7 Å². The number of nitrogens with one attached hydrogen (secondary N) is 2. The first kappa shape index (κ1) is 19.7. The second-order valence-electron chi connectivity index (χ2n) is 5.64. The molecule has 1 amide bonds. The maximum atomic E-state index is 13.9. The average Bonchev–Trinajstić information content (AvgIpc) is 2.37. The molecule has 0 aliphatic carbocycles. The van der Waals surface area contributed by atoms with Crippen molar-refractivity contribution in [3.05, 3.63) is 22.4 Å². The van der Waals surface area contributed by atoms with Gasteiger partial charge in [0.25, 0.3) is 0 Å². The molecule has 23 heavy (non-hydrogen) atoms. The molecule has 0 unspecified atom stereocenters. The first-order valence-corrected chi connectivity index (χ1v) is 8.91. The van der Waals surface area contributed by atoms with Crippen LogP contribution in [-0.2, 0) is 14.8 Å². The second kappa shape index (κ2) is 7.45. The molecule has 0 spiro atoms. The molecule has 0 heterocycles. The number of carbonyl (C=O) groups excluding carboxylic acids is 1. The third-order valence-corrected chi connectivity index (χ3v) is 4.43. The van der Waals surface area contributed by atoms with Gasteiger partial charge in [-0.2, -0.15) is 0 Å². The highest BCUT2D eigenvalue weighted by atomic mass is 79.9. The lowest BCUT2D eigenvalue weighted by molar-refractivity contribution is 0.0529. The standard InChI is InChI=1S/C13H19BrFN3O4S/c1-13(2,3)22-12(19)17-4-5-18-23(20,21)10-7-8(16)6-9(14)11(10)15/h6-7,18H,4-5,16H2,1-3H3,(H,17,19). The minimum absolute atomic E-state index is 0.0146. The number of amides is 1. The number of nitrogen functional groups attached to an aromatic ring is 1. The highest BCUT2D eigenvalue weighted by Gasteiger charge is 2.21. The van der Waals surface area contributed by atoms with Gasteiger partial charge in [-0.15, -0.1) is 0 Å². The average molecular weight is 412 g/mol. The van der Waals surface area contributed by atoms with Gasteiger partial charge in [0.15, 0.2) is 5.82 Å². The summed E-state index contributed by atoms with van der Waals surface area (Å²) in [5.74, 6) is -0.938. The number of hydrogen-bond acceptors (Lipinski definition) is 5. The van der Waals surface area contributed by atoms with Gasteiger partial charge in [0.1, 0.15) is 10.5 Å². The van der Waals surface area contributed by atoms with Gasteiger partial charge in [0, 0.05) is 18.8 Å². The Morgan fingerprint density at radius 3 is 2.52 bits per heavy atom. The summed E-state index contributed by atoms with van der Waals surface area (Å²) in [5, 5.41) is 2.38. The summed E-state index contributed by atoms with van der Waals surface area (Å²) in [6.45, 7) is 4.97. The fourth-order valence-electron chi connectivity index (χ4n) is 1.52. The van der Waals surface area contributed by atoms with E-state index in [0.29, 0.717) is 0 Å². The largest absolute Gasteiger partial charge is 0.444 e. The number of ether oxygens (including phenoxy) is 1. The molecule has 1 rings (SSSR count). The molecular formula is C13H19BrFN3O4S. The summed E-state index contributed by atoms with van der Waals surface area (Å²) in [6.07, 6.45) is -0.672. The van der Waals surface area contributed by atoms with E-state index in [1.807, 2.05) is 0 Å². The number of nitrogens with two attached hydrogens (primary N) is 1. The number of benzene rings is 1. The highest BCUT2D eigenvalue weighted by molar-refractivity contribution is 9.10. The molecule has 0 atom stereocenters. The van der Waals surface area contributed by atoms with Crippen molar-refractivity contribution in [3.63, 3.8) is 0 Å². The molecule has 0 aliphatic rings. The van der Waals surface area contributed by atoms with Gasteiger partial charge >= 0.3 is 6.09 Å². The molecule has 130 valence electrons. The molecular weight excluding hydrogens is 393 g/mol. The van der Waals surface area contributed by atoms with E-state index < -0.39 is 32.4 Å². The molecule has 0 bridgehead atoms. The Labute approximate surface area is 142 Å². The molecule has 0 fully saturated rings. The van der Waals surface area contributed by atoms with E-state index in [1.54, 1.807) is 20.8 Å². The zero-order valence-corrected chi connectivity index (χ0v) is 15.3. The Hall–Kier alpha value is -1.39. The molecule has 10 heteroatoms. The van der Waals surface area contributed by atoms with Crippen molar-refractivity contribution in [1.29, 1.82) is 0 Å². The Morgan fingerprint density at radius 2 is 1.96 bits per heavy atom. The fraction of sp³-hybridized carbons (Fsp3) is 0.462. The lowest BCUT2D eigenvalue weighted by atomic mass is 10.2. The van der Waals surface area contributed by atoms with Gasteiger partial charge in [0.05, 0.1) is 4.47 Å². The number of alkyl carbamates (subject to hydrolysis) is 1. The second-order valence-corrected chi connectivity index (χ2v) is 8.23. The van der Waals surface area contributed by atoms with Crippen LogP contribution in [0.4, 0.5) is 14.9 Å². The van der Waals surface area contributed by atoms with Gasteiger partial charge in [0.2, 0.25) is 10.0 Å². The van der Waals surface area contributed by atoms with Crippen LogP contribution in [0.25, 0.3) is 0 Å². The monoisotopic (exact) mass is 411 g/mol. The number of sulfonamides is 1. The predicted octanol–water partition coefficient (Wildman–Crippen LogP) is 1.97. The molecule has 0 aromatic heterocycles. The third-order valence-electron chi connectivity index (χ3n) is 2.39. The summed E-state index contributed by atoms with van der Waals surface area (Å²) in [4.78, 5) is 10.8. The number of carbonyl (C=O) groups is 1. The summed E-state index contributed by atoms with van der Waals surface area (Å²) in [7, 11) is -4.10. The van der Waals surface area contributed by atoms with Crippen LogP contribution in [0.5, 0.6) is 0 Å². The SMILES string of the molecule is CC(C)(C)OC(=O)NCCNS(=O)(=O)c1cc(N)cc(Br)c1F. The minimum atomic E-state index is -4.10. The zero-order valence-electron chi connectivity index (χ0n) is 12.9. The van der Waals surface area contributed by atoms with Crippen LogP contribution in [0.1, 0.15) is 20.8 Å². The van der Waals surface area contributed by atoms with Gasteiger partial charge < -0.3 is 15.8 Å². The number of halogens is 2. The van der Waals surface area contributed by atoms with E-state index in [0.717, 1.165) is 6.07 Å². The topological polar surface area (TPSA) is 111 Å². The Morgan fingerprint density at radius 1 is 1.35 bits per heavy atom. The molecule has 4 N–H and O–H groups in total. The summed E-state index contributed by atoms with van der Waals surface area (Å²) < 4.78 is 45.1. The molecule has 1 aromatic rings. The van der Waals surface area contributed by atoms with Crippen LogP contribution in [0.2, 0.25) is 0 Å². The minimum Gasteiger partial charge on any atom is -0.444 e. The quantitative estimate of drug-likeness (QED) is 0.506. The van der Waals surface area contributed by atoms with Crippen molar-refractivity contribution in [2.24, 2.45) is 0 Å². The zero-order chi connectivity index (χ0) is 17.8. The van der Waals surface area contributed by atoms with Crippen molar-refractivity contribution in [3.8, 4) is 0 Å². The van der Waals surface area contributed by atoms with E-state index in [4.69, 9.17) is 10.5 Å². The predicted molar refractivity (Wildman–Crippen MR) is 87.9 cm³/mol. The summed E-state index contributed by atoms with van der Waals surface area (Å²) in [6, 6.07) is 2.28. The normalized spacial score (nSPS) is 12.0. The summed E-state index contributed by atoms with van der Waals surface area (Å²) >= 11 is 2.90. The Bertz CT molecular complexity index is 689. The van der Waals surface area contributed by atoms with Crippen molar-refractivity contribution in [2.75, 3.05) is 18.8 Å². The van der Waals surface area contributed by atoms with E-state index in [9.17, 15) is 17.6 Å². The van der Waals surface area contributed by atoms with Gasteiger partial charge in [-0.25, -0.2) is 22.3 Å². The van der Waals surface area contributed by atoms with Crippen LogP contribution >= 0.6 is 15.9 Å². The van der Waals surface area contributed by atoms with Crippen molar-refractivity contribution in [2.45, 2.75) is 31.3 Å². The number of anilines is 1. The van der Waals surface area contributed by atoms with Crippen LogP contribution in [0.15, 0.2) is 21.5 Å². The van der Waals surface area contributed by atoms with E-state index in [-0.39, 0.29) is 23.2 Å². The number of hydrogen-bond donors (Lipinski definition) is 3. The molecule has 0 saturated carbocycles. The third kappa shape index (κ3) is 6.32. The lowest BCUT2D eigenvalue weighted by Gasteiger charge is -2.19. The first-order chi connectivity index (χ1) is 10.4. The molecule has 0 radical (unpaired) electrons. The smallest absolute Gasteiger partial charge is 0.407 e. The van der Waals surface area contributed by atoms with Crippen LogP contribution in [0, 0.1) is 5.82 Å². The van der Waals surface area contributed by atoms with Crippen LogP contribution in [-0.4, -0.2) is 33.2 Å². The van der Waals surface area contributed by atoms with E-state index >= 15 is 0 Å². The molecule has 0 saturated heterocycles. The maximum absolute atomic E-state index is 13.9. The van der Waals surface area contributed by atoms with E-state index in [1.165, 1.54) is 6.07 Å². The van der Waals surface area contributed by atoms with E-state index in [2.05, 4.69) is 26.0 Å². The van der Waals surface area contributed by atoms with Crippen LogP contribution < -0.4 is 15.8 Å². The van der Waals surface area contributed by atoms with Crippen molar-refractivity contribution in [1.82, 2.24) is 10.0 Å². The highest BCUT2D eigenvalue weighted by Crippen LogP contribution is 2.25. The molecule has 0 aliphatic heterocycles. The van der Waals surface area contributed by atoms with Crippen molar-refractivity contribution < 1.29 is 22.3 Å². The molecule has 1 aromatic carbocycles. The Kier molecular flexibility index (Phi) is 6.37. The first-order valence-electron chi connectivity index (χ1n) is 6.63. The van der Waals surface area contributed by atoms with Crippen LogP contribution in [0.3, 0.4) is 0 Å². The molecule has 7 nitrogen and oxygen atoms in total. The maximum Gasteiger partial charge on any atom is 0.407 e.